The van der Waals surface area contributed by atoms with Gasteiger partial charge in [0.1, 0.15) is 0 Å². The van der Waals surface area contributed by atoms with Gasteiger partial charge in [-0.25, -0.2) is 0 Å². The first-order valence-electron chi connectivity index (χ1n) is 5.82. The van der Waals surface area contributed by atoms with Crippen LogP contribution in [0.4, 0.5) is 0 Å². The van der Waals surface area contributed by atoms with Crippen LogP contribution in [0.2, 0.25) is 0 Å². The van der Waals surface area contributed by atoms with Crippen LogP contribution >= 0.6 is 0 Å². The molecule has 80 valence electrons. The molecule has 1 rings (SSSR count). The van der Waals surface area contributed by atoms with E-state index in [1.807, 2.05) is 0 Å². The fourth-order valence-corrected chi connectivity index (χ4v) is 1.53. The smallest absolute Gasteiger partial charge is 0.00773 e. The van der Waals surface area contributed by atoms with Gasteiger partial charge in [-0.1, -0.05) is 44.9 Å². The molecule has 4 N–H and O–H groups in total. The van der Waals surface area contributed by atoms with Crippen molar-refractivity contribution in [2.45, 2.75) is 57.8 Å². The highest BCUT2D eigenvalue weighted by Crippen LogP contribution is 2.15. The molecule has 0 saturated heterocycles. The summed E-state index contributed by atoms with van der Waals surface area (Å²) in [6.07, 6.45) is 12.4. The highest BCUT2D eigenvalue weighted by atomic mass is 14.5. The first kappa shape index (κ1) is 12.9. The molecule has 1 saturated carbocycles. The number of hydrogen-bond acceptors (Lipinski definition) is 2. The molecule has 0 aromatic heterocycles. The van der Waals surface area contributed by atoms with Gasteiger partial charge in [-0.05, 0) is 25.9 Å². The van der Waals surface area contributed by atoms with E-state index >= 15 is 0 Å². The molecule has 0 amide bonds. The predicted octanol–water partition coefficient (Wildman–Crippen LogP) is 2.41. The lowest BCUT2D eigenvalue weighted by Gasteiger charge is -2.05. The van der Waals surface area contributed by atoms with Gasteiger partial charge in [0, 0.05) is 0 Å². The van der Waals surface area contributed by atoms with E-state index in [1.54, 1.807) is 0 Å². The maximum atomic E-state index is 5.23. The average molecular weight is 186 g/mol. The highest BCUT2D eigenvalue weighted by molar-refractivity contribution is 4.51. The summed E-state index contributed by atoms with van der Waals surface area (Å²) in [7, 11) is 0. The fourth-order valence-electron chi connectivity index (χ4n) is 1.53. The van der Waals surface area contributed by atoms with E-state index in [0.29, 0.717) is 0 Å². The Morgan fingerprint density at radius 3 is 1.08 bits per heavy atom. The molecule has 1 fully saturated rings. The third-order valence-electron chi connectivity index (χ3n) is 2.41. The molecular weight excluding hydrogens is 160 g/mol. The second kappa shape index (κ2) is 11.9. The van der Waals surface area contributed by atoms with Gasteiger partial charge in [-0.15, -0.1) is 0 Å². The van der Waals surface area contributed by atoms with Crippen LogP contribution in [0.1, 0.15) is 57.8 Å². The standard InChI is InChI=1S/C6H12.C5H14N2/c1-2-4-6-5-3-1;6-4-2-1-3-5-7/h1-6H2;1-7H2. The van der Waals surface area contributed by atoms with Gasteiger partial charge in [0.25, 0.3) is 0 Å². The summed E-state index contributed by atoms with van der Waals surface area (Å²) in [6, 6.07) is 0. The minimum atomic E-state index is 0.806. The molecule has 13 heavy (non-hydrogen) atoms. The third-order valence-corrected chi connectivity index (χ3v) is 2.41. The van der Waals surface area contributed by atoms with Gasteiger partial charge in [0.05, 0.1) is 0 Å². The molecule has 0 spiro atoms. The van der Waals surface area contributed by atoms with E-state index in [9.17, 15) is 0 Å². The number of rotatable bonds is 4. The molecule has 0 bridgehead atoms. The van der Waals surface area contributed by atoms with Crippen molar-refractivity contribution in [3.05, 3.63) is 0 Å². The second-order valence-corrected chi connectivity index (χ2v) is 3.76. The van der Waals surface area contributed by atoms with Crippen molar-refractivity contribution in [3.63, 3.8) is 0 Å². The molecule has 0 heterocycles. The van der Waals surface area contributed by atoms with E-state index in [2.05, 4.69) is 0 Å². The Morgan fingerprint density at radius 1 is 0.538 bits per heavy atom. The average Bonchev–Trinajstić information content (AvgIpc) is 2.22. The molecular formula is C11H26N2. The zero-order chi connectivity index (χ0) is 9.78. The molecule has 2 nitrogen and oxygen atoms in total. The maximum absolute atomic E-state index is 5.23. The molecule has 0 aromatic rings. The van der Waals surface area contributed by atoms with Gasteiger partial charge in [0.15, 0.2) is 0 Å². The van der Waals surface area contributed by atoms with E-state index < -0.39 is 0 Å². The third kappa shape index (κ3) is 11.9. The highest BCUT2D eigenvalue weighted by Gasteiger charge is 1.95. The Bertz CT molecular complexity index is 64.6. The first-order valence-corrected chi connectivity index (χ1v) is 5.82. The van der Waals surface area contributed by atoms with Crippen molar-refractivity contribution < 1.29 is 0 Å². The first-order chi connectivity index (χ1) is 6.41. The largest absolute Gasteiger partial charge is 0.330 e. The summed E-state index contributed by atoms with van der Waals surface area (Å²) in [5.41, 5.74) is 10.5. The van der Waals surface area contributed by atoms with E-state index in [-0.39, 0.29) is 0 Å². The van der Waals surface area contributed by atoms with Crippen LogP contribution in [-0.2, 0) is 0 Å². The minimum Gasteiger partial charge on any atom is -0.330 e. The monoisotopic (exact) mass is 186 g/mol. The topological polar surface area (TPSA) is 52.0 Å². The summed E-state index contributed by atoms with van der Waals surface area (Å²) in [6.45, 7) is 1.61. The van der Waals surface area contributed by atoms with Crippen molar-refractivity contribution >= 4 is 0 Å². The normalized spacial score (nSPS) is 16.2. The molecule has 0 atom stereocenters. The number of hydrogen-bond donors (Lipinski definition) is 2. The predicted molar refractivity (Wildman–Crippen MR) is 59.7 cm³/mol. The lowest BCUT2D eigenvalue weighted by molar-refractivity contribution is 0.504. The lowest BCUT2D eigenvalue weighted by atomic mass is 10.0. The summed E-state index contributed by atoms with van der Waals surface area (Å²) in [4.78, 5) is 0. The Balaban J connectivity index is 0.000000223. The van der Waals surface area contributed by atoms with Crippen LogP contribution < -0.4 is 11.5 Å². The molecule has 0 unspecified atom stereocenters. The fraction of sp³-hybridized carbons (Fsp3) is 1.00. The van der Waals surface area contributed by atoms with Gasteiger partial charge in [-0.3, -0.25) is 0 Å². The van der Waals surface area contributed by atoms with Crippen LogP contribution in [0.15, 0.2) is 0 Å². The number of unbranched alkanes of at least 4 members (excludes halogenated alkanes) is 2. The van der Waals surface area contributed by atoms with Crippen molar-refractivity contribution in [1.82, 2.24) is 0 Å². The zero-order valence-electron chi connectivity index (χ0n) is 8.93. The quantitative estimate of drug-likeness (QED) is 0.662. The van der Waals surface area contributed by atoms with Crippen molar-refractivity contribution in [1.29, 1.82) is 0 Å². The Kier molecular flexibility index (Phi) is 11.8. The summed E-state index contributed by atoms with van der Waals surface area (Å²) in [5.74, 6) is 0. The van der Waals surface area contributed by atoms with Crippen LogP contribution in [0.3, 0.4) is 0 Å². The molecule has 1 aliphatic carbocycles. The second-order valence-electron chi connectivity index (χ2n) is 3.76. The van der Waals surface area contributed by atoms with Crippen molar-refractivity contribution in [2.24, 2.45) is 11.5 Å². The Labute approximate surface area is 83.1 Å². The van der Waals surface area contributed by atoms with Crippen molar-refractivity contribution in [3.8, 4) is 0 Å². The minimum absolute atomic E-state index is 0.806. The lowest BCUT2D eigenvalue weighted by Crippen LogP contribution is -2.02. The van der Waals surface area contributed by atoms with E-state index in [4.69, 9.17) is 11.5 Å². The van der Waals surface area contributed by atoms with Gasteiger partial charge >= 0.3 is 0 Å². The van der Waals surface area contributed by atoms with E-state index in [1.165, 1.54) is 44.9 Å². The summed E-state index contributed by atoms with van der Waals surface area (Å²) >= 11 is 0. The maximum Gasteiger partial charge on any atom is -0.00773 e. The van der Waals surface area contributed by atoms with Crippen molar-refractivity contribution in [2.75, 3.05) is 13.1 Å². The van der Waals surface area contributed by atoms with E-state index in [0.717, 1.165) is 25.9 Å². The Morgan fingerprint density at radius 2 is 0.846 bits per heavy atom. The van der Waals surface area contributed by atoms with Crippen LogP contribution in [0, 0.1) is 0 Å². The van der Waals surface area contributed by atoms with Gasteiger partial charge in [0.2, 0.25) is 0 Å². The molecule has 0 radical (unpaired) electrons. The SMILES string of the molecule is C1CCCCC1.NCCCCCN. The van der Waals surface area contributed by atoms with Crippen LogP contribution in [0.25, 0.3) is 0 Å². The molecule has 1 aliphatic rings. The van der Waals surface area contributed by atoms with Gasteiger partial charge in [-0.2, -0.15) is 0 Å². The molecule has 2 heteroatoms. The zero-order valence-corrected chi connectivity index (χ0v) is 8.93. The summed E-state index contributed by atoms with van der Waals surface area (Å²) < 4.78 is 0. The van der Waals surface area contributed by atoms with Crippen LogP contribution in [-0.4, -0.2) is 13.1 Å². The molecule has 0 aromatic carbocycles. The number of nitrogens with two attached hydrogens (primary N) is 2. The van der Waals surface area contributed by atoms with Gasteiger partial charge < -0.3 is 11.5 Å². The summed E-state index contributed by atoms with van der Waals surface area (Å²) in [5, 5.41) is 0. The molecule has 0 aliphatic heterocycles. The Hall–Kier alpha value is -0.0800. The van der Waals surface area contributed by atoms with Crippen LogP contribution in [0.5, 0.6) is 0 Å².